The Bertz CT molecular complexity index is 301. The van der Waals surface area contributed by atoms with Gasteiger partial charge >= 0.3 is 11.9 Å². The molecule has 2 saturated carbocycles. The van der Waals surface area contributed by atoms with E-state index in [4.69, 9.17) is 9.47 Å². The molecule has 0 aromatic heterocycles. The van der Waals surface area contributed by atoms with Gasteiger partial charge in [-0.3, -0.25) is 9.59 Å². The summed E-state index contributed by atoms with van der Waals surface area (Å²) in [6.45, 7) is 0. The van der Waals surface area contributed by atoms with Gasteiger partial charge in [0, 0.05) is 12.8 Å². The van der Waals surface area contributed by atoms with E-state index in [9.17, 15) is 9.59 Å². The van der Waals surface area contributed by atoms with Crippen LogP contribution in [-0.2, 0) is 19.1 Å². The van der Waals surface area contributed by atoms with Gasteiger partial charge in [0.05, 0.1) is 0 Å². The number of ether oxygens (including phenoxy) is 2. The molecule has 1 saturated heterocycles. The molecule has 0 bridgehead atoms. The van der Waals surface area contributed by atoms with Gasteiger partial charge in [0.15, 0.2) is 0 Å². The summed E-state index contributed by atoms with van der Waals surface area (Å²) >= 11 is 0. The van der Waals surface area contributed by atoms with Crippen molar-refractivity contribution in [2.24, 2.45) is 5.41 Å². The molecule has 2 aliphatic carbocycles. The van der Waals surface area contributed by atoms with E-state index in [0.717, 1.165) is 12.8 Å². The van der Waals surface area contributed by atoms with E-state index in [1.807, 2.05) is 0 Å². The maximum atomic E-state index is 11.2. The van der Waals surface area contributed by atoms with E-state index < -0.39 is 17.7 Å². The zero-order chi connectivity index (χ0) is 10.5. The van der Waals surface area contributed by atoms with Crippen molar-refractivity contribution in [3.05, 3.63) is 0 Å². The molecule has 0 aromatic rings. The maximum Gasteiger partial charge on any atom is 0.320 e. The van der Waals surface area contributed by atoms with Gasteiger partial charge in [-0.1, -0.05) is 0 Å². The first-order valence-electron chi connectivity index (χ1n) is 5.55. The van der Waals surface area contributed by atoms with Crippen molar-refractivity contribution < 1.29 is 19.1 Å². The molecule has 0 atom stereocenters. The van der Waals surface area contributed by atoms with Gasteiger partial charge in [0.2, 0.25) is 0 Å². The van der Waals surface area contributed by atoms with Crippen LogP contribution in [0.4, 0.5) is 0 Å². The van der Waals surface area contributed by atoms with Crippen LogP contribution in [0.5, 0.6) is 0 Å². The molecule has 0 aromatic carbocycles. The number of esters is 2. The Morgan fingerprint density at radius 2 is 1.27 bits per heavy atom. The SMILES string of the molecule is O=C1CC(=O)OC2(CCC3(CC3)CC2)O1. The molecular formula is C11H14O4. The molecule has 4 heteroatoms. The summed E-state index contributed by atoms with van der Waals surface area (Å²) < 4.78 is 10.4. The molecule has 82 valence electrons. The minimum atomic E-state index is -0.903. The van der Waals surface area contributed by atoms with E-state index in [1.54, 1.807) is 0 Å². The quantitative estimate of drug-likeness (QED) is 0.449. The number of hydrogen-bond donors (Lipinski definition) is 0. The van der Waals surface area contributed by atoms with E-state index in [2.05, 4.69) is 0 Å². The number of rotatable bonds is 0. The van der Waals surface area contributed by atoms with Crippen molar-refractivity contribution >= 4 is 11.9 Å². The summed E-state index contributed by atoms with van der Waals surface area (Å²) in [5, 5.41) is 0. The molecule has 1 heterocycles. The summed E-state index contributed by atoms with van der Waals surface area (Å²) in [5.41, 5.74) is 0.502. The van der Waals surface area contributed by atoms with Crippen LogP contribution in [0.2, 0.25) is 0 Å². The Morgan fingerprint density at radius 1 is 0.800 bits per heavy atom. The highest BCUT2D eigenvalue weighted by molar-refractivity contribution is 5.93. The Kier molecular flexibility index (Phi) is 1.68. The lowest BCUT2D eigenvalue weighted by Crippen LogP contribution is -2.47. The van der Waals surface area contributed by atoms with Crippen LogP contribution in [0.3, 0.4) is 0 Å². The predicted octanol–water partition coefficient (Wildman–Crippen LogP) is 1.53. The fraction of sp³-hybridized carbons (Fsp3) is 0.818. The van der Waals surface area contributed by atoms with Crippen molar-refractivity contribution in [2.45, 2.75) is 50.7 Å². The monoisotopic (exact) mass is 210 g/mol. The fourth-order valence-corrected chi connectivity index (χ4v) is 2.67. The van der Waals surface area contributed by atoms with Gasteiger partial charge < -0.3 is 9.47 Å². The van der Waals surface area contributed by atoms with Crippen molar-refractivity contribution in [3.63, 3.8) is 0 Å². The topological polar surface area (TPSA) is 52.6 Å². The average molecular weight is 210 g/mol. The van der Waals surface area contributed by atoms with Crippen LogP contribution in [0.1, 0.15) is 44.9 Å². The van der Waals surface area contributed by atoms with Gasteiger partial charge in [-0.25, -0.2) is 0 Å². The van der Waals surface area contributed by atoms with Crippen LogP contribution in [0, 0.1) is 5.41 Å². The van der Waals surface area contributed by atoms with Crippen molar-refractivity contribution in [1.29, 1.82) is 0 Å². The number of hydrogen-bond acceptors (Lipinski definition) is 4. The maximum absolute atomic E-state index is 11.2. The summed E-state index contributed by atoms with van der Waals surface area (Å²) in [4.78, 5) is 22.4. The zero-order valence-corrected chi connectivity index (χ0v) is 8.58. The van der Waals surface area contributed by atoms with Crippen LogP contribution in [0.25, 0.3) is 0 Å². The van der Waals surface area contributed by atoms with E-state index in [0.29, 0.717) is 18.3 Å². The molecule has 0 N–H and O–H groups in total. The van der Waals surface area contributed by atoms with Crippen LogP contribution >= 0.6 is 0 Å². The van der Waals surface area contributed by atoms with Gasteiger partial charge in [-0.05, 0) is 31.1 Å². The summed E-state index contributed by atoms with van der Waals surface area (Å²) in [5.74, 6) is -1.77. The molecule has 2 spiro atoms. The minimum absolute atomic E-state index is 0.229. The van der Waals surface area contributed by atoms with E-state index in [1.165, 1.54) is 12.8 Å². The summed E-state index contributed by atoms with van der Waals surface area (Å²) in [7, 11) is 0. The molecule has 0 unspecified atom stereocenters. The molecule has 1 aliphatic heterocycles. The third-order valence-electron chi connectivity index (χ3n) is 3.92. The number of carbonyl (C=O) groups is 2. The first-order chi connectivity index (χ1) is 7.12. The second-order valence-corrected chi connectivity index (χ2v) is 5.04. The standard InChI is InChI=1S/C11H14O4/c12-8-7-9(13)15-11(14-8)5-3-10(1-2-10)4-6-11/h1-7H2. The molecule has 4 nitrogen and oxygen atoms in total. The van der Waals surface area contributed by atoms with E-state index >= 15 is 0 Å². The second kappa shape index (κ2) is 2.74. The highest BCUT2D eigenvalue weighted by Crippen LogP contribution is 2.58. The Labute approximate surface area is 87.9 Å². The molecule has 3 fully saturated rings. The highest BCUT2D eigenvalue weighted by Gasteiger charge is 2.54. The van der Waals surface area contributed by atoms with Gasteiger partial charge in [0.1, 0.15) is 6.42 Å². The summed E-state index contributed by atoms with van der Waals surface area (Å²) in [6, 6.07) is 0. The lowest BCUT2D eigenvalue weighted by Gasteiger charge is -2.40. The first-order valence-corrected chi connectivity index (χ1v) is 5.55. The van der Waals surface area contributed by atoms with E-state index in [-0.39, 0.29) is 6.42 Å². The Morgan fingerprint density at radius 3 is 1.73 bits per heavy atom. The fourth-order valence-electron chi connectivity index (χ4n) is 2.67. The number of carbonyl (C=O) groups excluding carboxylic acids is 2. The molecule has 15 heavy (non-hydrogen) atoms. The van der Waals surface area contributed by atoms with Crippen LogP contribution in [-0.4, -0.2) is 17.7 Å². The van der Waals surface area contributed by atoms with Crippen molar-refractivity contribution in [3.8, 4) is 0 Å². The minimum Gasteiger partial charge on any atom is -0.422 e. The zero-order valence-electron chi connectivity index (χ0n) is 8.58. The third kappa shape index (κ3) is 1.52. The van der Waals surface area contributed by atoms with Crippen LogP contribution < -0.4 is 0 Å². The van der Waals surface area contributed by atoms with Crippen LogP contribution in [0.15, 0.2) is 0 Å². The second-order valence-electron chi connectivity index (χ2n) is 5.04. The highest BCUT2D eigenvalue weighted by atomic mass is 16.7. The first kappa shape index (κ1) is 9.19. The molecule has 3 aliphatic rings. The van der Waals surface area contributed by atoms with Gasteiger partial charge in [-0.2, -0.15) is 0 Å². The van der Waals surface area contributed by atoms with Gasteiger partial charge in [0.25, 0.3) is 5.79 Å². The Balaban J connectivity index is 1.73. The van der Waals surface area contributed by atoms with Crippen molar-refractivity contribution in [1.82, 2.24) is 0 Å². The lowest BCUT2D eigenvalue weighted by molar-refractivity contribution is -0.256. The molecule has 3 rings (SSSR count). The normalized spacial score (nSPS) is 31.2. The van der Waals surface area contributed by atoms with Gasteiger partial charge in [-0.15, -0.1) is 0 Å². The molecular weight excluding hydrogens is 196 g/mol. The third-order valence-corrected chi connectivity index (χ3v) is 3.92. The molecule has 0 radical (unpaired) electrons. The largest absolute Gasteiger partial charge is 0.422 e. The Hall–Kier alpha value is -1.06. The average Bonchev–Trinajstić information content (AvgIpc) is 2.90. The smallest absolute Gasteiger partial charge is 0.320 e. The van der Waals surface area contributed by atoms with Crippen molar-refractivity contribution in [2.75, 3.05) is 0 Å². The predicted molar refractivity (Wildman–Crippen MR) is 49.7 cm³/mol. The summed E-state index contributed by atoms with van der Waals surface area (Å²) in [6.07, 6.45) is 5.75. The lowest BCUT2D eigenvalue weighted by atomic mass is 9.82. The molecule has 0 amide bonds.